The van der Waals surface area contributed by atoms with Crippen molar-refractivity contribution in [2.24, 2.45) is 0 Å². The van der Waals surface area contributed by atoms with Gasteiger partial charge in [0.25, 0.3) is 0 Å². The Labute approximate surface area is 169 Å². The summed E-state index contributed by atoms with van der Waals surface area (Å²) in [6, 6.07) is 8.10. The largest absolute Gasteiger partial charge is 0.343 e. The lowest BCUT2D eigenvalue weighted by Gasteiger charge is -2.31. The smallest absolute Gasteiger partial charge is 0.225 e. The molecule has 0 unspecified atom stereocenters. The van der Waals surface area contributed by atoms with Crippen LogP contribution in [0.15, 0.2) is 42.0 Å². The number of aryl methyl sites for hydroxylation is 1. The Balaban J connectivity index is 1.38. The van der Waals surface area contributed by atoms with Crippen LogP contribution in [0.25, 0.3) is 0 Å². The Hall–Kier alpha value is -2.51. The molecule has 1 aliphatic rings. The van der Waals surface area contributed by atoms with Crippen LogP contribution in [0, 0.1) is 13.8 Å². The molecule has 1 aliphatic heterocycles. The van der Waals surface area contributed by atoms with Gasteiger partial charge in [0.2, 0.25) is 11.7 Å². The topological polar surface area (TPSA) is 55.5 Å². The number of carbonyl (C=O) groups is 1. The number of carbonyl (C=O) groups excluding carboxylic acids is 1. The van der Waals surface area contributed by atoms with Gasteiger partial charge in [-0.05, 0) is 37.4 Å². The molecular formula is C21H26N5OS+. The van der Waals surface area contributed by atoms with Crippen molar-refractivity contribution in [3.05, 3.63) is 63.9 Å². The molecule has 0 saturated carbocycles. The van der Waals surface area contributed by atoms with E-state index in [9.17, 15) is 4.79 Å². The summed E-state index contributed by atoms with van der Waals surface area (Å²) in [5, 5.41) is 2.10. The SMILES string of the molecule is Cc1cc(C(=O)C[NH+]2CCN(c3ncccn3)CC2)c(C)n1Cc1cccs1. The first-order valence-electron chi connectivity index (χ1n) is 9.69. The molecule has 6 nitrogen and oxygen atoms in total. The van der Waals surface area contributed by atoms with Crippen molar-refractivity contribution >= 4 is 23.1 Å². The fourth-order valence-corrected chi connectivity index (χ4v) is 4.55. The molecule has 0 spiro atoms. The average molecular weight is 397 g/mol. The minimum Gasteiger partial charge on any atom is -0.343 e. The van der Waals surface area contributed by atoms with Crippen LogP contribution in [0.3, 0.4) is 0 Å². The van der Waals surface area contributed by atoms with Crippen molar-refractivity contribution in [2.75, 3.05) is 37.6 Å². The van der Waals surface area contributed by atoms with Gasteiger partial charge in [0, 0.05) is 34.2 Å². The Morgan fingerprint density at radius 2 is 1.93 bits per heavy atom. The Bertz CT molecular complexity index is 927. The number of thiophene rings is 1. The van der Waals surface area contributed by atoms with E-state index >= 15 is 0 Å². The van der Waals surface area contributed by atoms with E-state index < -0.39 is 0 Å². The molecular weight excluding hydrogens is 370 g/mol. The van der Waals surface area contributed by atoms with E-state index in [-0.39, 0.29) is 5.78 Å². The third-order valence-electron chi connectivity index (χ3n) is 5.48. The number of hydrogen-bond donors (Lipinski definition) is 1. The first-order chi connectivity index (χ1) is 13.6. The summed E-state index contributed by atoms with van der Waals surface area (Å²) in [6.45, 7) is 9.15. The molecule has 28 heavy (non-hydrogen) atoms. The average Bonchev–Trinajstić information content (AvgIpc) is 3.33. The Kier molecular flexibility index (Phi) is 5.54. The molecule has 1 saturated heterocycles. The van der Waals surface area contributed by atoms with Crippen LogP contribution < -0.4 is 9.80 Å². The Morgan fingerprint density at radius 3 is 2.61 bits per heavy atom. The van der Waals surface area contributed by atoms with Gasteiger partial charge in [-0.25, -0.2) is 9.97 Å². The third kappa shape index (κ3) is 4.00. The summed E-state index contributed by atoms with van der Waals surface area (Å²) in [4.78, 5) is 26.5. The van der Waals surface area contributed by atoms with E-state index in [0.717, 1.165) is 55.6 Å². The predicted molar refractivity (Wildman–Crippen MR) is 111 cm³/mol. The molecule has 4 heterocycles. The minimum atomic E-state index is 0.241. The molecule has 1 fully saturated rings. The van der Waals surface area contributed by atoms with Gasteiger partial charge in [-0.1, -0.05) is 6.07 Å². The second-order valence-electron chi connectivity index (χ2n) is 7.34. The second kappa shape index (κ2) is 8.24. The van der Waals surface area contributed by atoms with Crippen LogP contribution in [0.1, 0.15) is 26.6 Å². The van der Waals surface area contributed by atoms with Crippen LogP contribution in [0.4, 0.5) is 5.95 Å². The summed E-state index contributed by atoms with van der Waals surface area (Å²) in [7, 11) is 0. The number of piperazine rings is 1. The second-order valence-corrected chi connectivity index (χ2v) is 8.37. The highest BCUT2D eigenvalue weighted by molar-refractivity contribution is 7.09. The highest BCUT2D eigenvalue weighted by Gasteiger charge is 2.25. The number of Topliss-reactive ketones (excluding diaryl/α,β-unsaturated/α-hetero) is 1. The van der Waals surface area contributed by atoms with Gasteiger partial charge >= 0.3 is 0 Å². The normalized spacial score (nSPS) is 15.1. The van der Waals surface area contributed by atoms with E-state index in [1.807, 2.05) is 6.07 Å². The lowest BCUT2D eigenvalue weighted by Crippen LogP contribution is -3.15. The zero-order valence-electron chi connectivity index (χ0n) is 16.4. The van der Waals surface area contributed by atoms with Crippen molar-refractivity contribution in [3.8, 4) is 0 Å². The standard InChI is InChI=1S/C21H25N5OS/c1-16-13-19(17(2)26(16)14-18-5-3-12-28-18)20(27)15-24-8-10-25(11-9-24)21-22-6-4-7-23-21/h3-7,12-13H,8-11,14-15H2,1-2H3/p+1. The maximum atomic E-state index is 13.0. The van der Waals surface area contributed by atoms with Crippen LogP contribution in [0.5, 0.6) is 0 Å². The quantitative estimate of drug-likeness (QED) is 0.643. The molecule has 0 radical (unpaired) electrons. The molecule has 0 aliphatic carbocycles. The lowest BCUT2D eigenvalue weighted by molar-refractivity contribution is -0.892. The number of quaternary nitrogens is 1. The number of rotatable bonds is 6. The molecule has 0 amide bonds. The van der Waals surface area contributed by atoms with E-state index in [4.69, 9.17) is 0 Å². The monoisotopic (exact) mass is 396 g/mol. The Morgan fingerprint density at radius 1 is 1.18 bits per heavy atom. The maximum absolute atomic E-state index is 13.0. The zero-order chi connectivity index (χ0) is 19.5. The first-order valence-corrected chi connectivity index (χ1v) is 10.6. The fraction of sp³-hybridized carbons (Fsp3) is 0.381. The van der Waals surface area contributed by atoms with Gasteiger partial charge in [0.05, 0.1) is 32.7 Å². The van der Waals surface area contributed by atoms with Crippen molar-refractivity contribution < 1.29 is 9.69 Å². The van der Waals surface area contributed by atoms with Crippen molar-refractivity contribution in [2.45, 2.75) is 20.4 Å². The van der Waals surface area contributed by atoms with E-state index in [1.165, 1.54) is 9.78 Å². The molecule has 4 rings (SSSR count). The van der Waals surface area contributed by atoms with Crippen LogP contribution in [-0.4, -0.2) is 53.0 Å². The number of aromatic nitrogens is 3. The molecule has 3 aromatic rings. The summed E-state index contributed by atoms with van der Waals surface area (Å²) in [5.41, 5.74) is 3.09. The minimum absolute atomic E-state index is 0.241. The van der Waals surface area contributed by atoms with Gasteiger partial charge in [-0.2, -0.15) is 0 Å². The van der Waals surface area contributed by atoms with Gasteiger partial charge in [-0.3, -0.25) is 4.79 Å². The molecule has 0 aromatic carbocycles. The lowest BCUT2D eigenvalue weighted by atomic mass is 10.1. The van der Waals surface area contributed by atoms with Crippen molar-refractivity contribution in [3.63, 3.8) is 0 Å². The molecule has 146 valence electrons. The zero-order valence-corrected chi connectivity index (χ0v) is 17.2. The summed E-state index contributed by atoms with van der Waals surface area (Å²) < 4.78 is 2.25. The molecule has 3 aromatic heterocycles. The van der Waals surface area contributed by atoms with Gasteiger partial charge in [0.15, 0.2) is 0 Å². The fourth-order valence-electron chi connectivity index (χ4n) is 3.86. The molecule has 0 atom stereocenters. The predicted octanol–water partition coefficient (Wildman–Crippen LogP) is 1.59. The van der Waals surface area contributed by atoms with E-state index in [1.54, 1.807) is 23.7 Å². The molecule has 0 bridgehead atoms. The van der Waals surface area contributed by atoms with E-state index in [2.05, 4.69) is 56.9 Å². The molecule has 7 heteroatoms. The van der Waals surface area contributed by atoms with Crippen LogP contribution >= 0.6 is 11.3 Å². The van der Waals surface area contributed by atoms with Gasteiger partial charge in [0.1, 0.15) is 6.54 Å². The number of hydrogen-bond acceptors (Lipinski definition) is 5. The van der Waals surface area contributed by atoms with Crippen molar-refractivity contribution in [1.29, 1.82) is 0 Å². The van der Waals surface area contributed by atoms with E-state index in [0.29, 0.717) is 6.54 Å². The third-order valence-corrected chi connectivity index (χ3v) is 6.35. The summed E-state index contributed by atoms with van der Waals surface area (Å²) in [5.74, 6) is 1.02. The highest BCUT2D eigenvalue weighted by atomic mass is 32.1. The first kappa shape index (κ1) is 18.8. The van der Waals surface area contributed by atoms with Crippen molar-refractivity contribution in [1.82, 2.24) is 14.5 Å². The number of nitrogens with one attached hydrogen (secondary N) is 1. The van der Waals surface area contributed by atoms with Crippen LogP contribution in [0.2, 0.25) is 0 Å². The maximum Gasteiger partial charge on any atom is 0.225 e. The van der Waals surface area contributed by atoms with Crippen LogP contribution in [-0.2, 0) is 6.54 Å². The number of anilines is 1. The highest BCUT2D eigenvalue weighted by Crippen LogP contribution is 2.19. The number of ketones is 1. The van der Waals surface area contributed by atoms with Gasteiger partial charge < -0.3 is 14.4 Å². The van der Waals surface area contributed by atoms with Gasteiger partial charge in [-0.15, -0.1) is 11.3 Å². The summed E-state index contributed by atoms with van der Waals surface area (Å²) >= 11 is 1.75. The number of nitrogens with zero attached hydrogens (tertiary/aromatic N) is 4. The molecule has 1 N–H and O–H groups in total. The summed E-state index contributed by atoms with van der Waals surface area (Å²) in [6.07, 6.45) is 3.55.